The maximum absolute atomic E-state index is 13.0. The van der Waals surface area contributed by atoms with Gasteiger partial charge in [-0.2, -0.15) is 15.2 Å². The second-order valence-electron chi connectivity index (χ2n) is 7.80. The van der Waals surface area contributed by atoms with Crippen LogP contribution in [0.3, 0.4) is 0 Å². The first-order valence-corrected chi connectivity index (χ1v) is 10.1. The standard InChI is InChI=1S/C22H25N5O2/c1-29-22-25-18-11-13-27(21(28)19(18)20(24)26-22)17-8-6-16(7-9-17)15-4-2-14(3-5-15)10-12-23/h6-9,14-15H,2-5,10-11,13H2,1H3,(H2,24,25,26)/t14-,15-. The number of nitrogen functional groups attached to an aromatic ring is 1. The van der Waals surface area contributed by atoms with Crippen molar-refractivity contribution >= 4 is 17.4 Å². The highest BCUT2D eigenvalue weighted by molar-refractivity contribution is 6.10. The number of rotatable bonds is 4. The Morgan fingerprint density at radius 2 is 1.93 bits per heavy atom. The zero-order valence-electron chi connectivity index (χ0n) is 16.6. The van der Waals surface area contributed by atoms with E-state index in [0.717, 1.165) is 31.4 Å². The van der Waals surface area contributed by atoms with E-state index in [1.54, 1.807) is 4.90 Å². The number of ether oxygens (including phenoxy) is 1. The largest absolute Gasteiger partial charge is 0.467 e. The molecule has 0 atom stereocenters. The lowest BCUT2D eigenvalue weighted by Gasteiger charge is -2.30. The molecule has 1 aromatic heterocycles. The van der Waals surface area contributed by atoms with Crippen LogP contribution in [0, 0.1) is 17.2 Å². The molecule has 0 bridgehead atoms. The molecule has 1 aliphatic carbocycles. The Bertz CT molecular complexity index is 943. The fraction of sp³-hybridized carbons (Fsp3) is 0.455. The molecule has 7 nitrogen and oxygen atoms in total. The molecular formula is C22H25N5O2. The molecule has 2 N–H and O–H groups in total. The summed E-state index contributed by atoms with van der Waals surface area (Å²) in [6.45, 7) is 0.546. The Morgan fingerprint density at radius 3 is 2.59 bits per heavy atom. The van der Waals surface area contributed by atoms with E-state index in [1.807, 2.05) is 12.1 Å². The second kappa shape index (κ2) is 8.08. The number of carbonyl (C=O) groups is 1. The lowest BCUT2D eigenvalue weighted by atomic mass is 9.78. The van der Waals surface area contributed by atoms with Gasteiger partial charge in [0.15, 0.2) is 0 Å². The summed E-state index contributed by atoms with van der Waals surface area (Å²) in [7, 11) is 1.48. The fourth-order valence-electron chi connectivity index (χ4n) is 4.46. The molecule has 29 heavy (non-hydrogen) atoms. The van der Waals surface area contributed by atoms with Gasteiger partial charge in [-0.05, 0) is 55.2 Å². The van der Waals surface area contributed by atoms with E-state index in [2.05, 4.69) is 28.2 Å². The van der Waals surface area contributed by atoms with Gasteiger partial charge in [-0.3, -0.25) is 4.79 Å². The number of aromatic nitrogens is 2. The summed E-state index contributed by atoms with van der Waals surface area (Å²) in [5.41, 5.74) is 9.18. The Morgan fingerprint density at radius 1 is 1.21 bits per heavy atom. The summed E-state index contributed by atoms with van der Waals surface area (Å²) in [4.78, 5) is 23.1. The maximum atomic E-state index is 13.0. The van der Waals surface area contributed by atoms with Gasteiger partial charge in [0.25, 0.3) is 5.91 Å². The van der Waals surface area contributed by atoms with Gasteiger partial charge in [-0.15, -0.1) is 0 Å². The van der Waals surface area contributed by atoms with Gasteiger partial charge >= 0.3 is 6.01 Å². The summed E-state index contributed by atoms with van der Waals surface area (Å²) in [6, 6.07) is 10.8. The third kappa shape index (κ3) is 3.75. The average molecular weight is 391 g/mol. The van der Waals surface area contributed by atoms with Crippen molar-refractivity contribution in [2.24, 2.45) is 5.92 Å². The summed E-state index contributed by atoms with van der Waals surface area (Å²) in [5.74, 6) is 1.07. The normalized spacial score (nSPS) is 21.4. The SMILES string of the molecule is COc1nc(N)c2c(n1)CCN(c1ccc([C@H]3CC[C@H](CC#N)CC3)cc1)C2=O. The Kier molecular flexibility index (Phi) is 5.34. The summed E-state index contributed by atoms with van der Waals surface area (Å²) >= 11 is 0. The van der Waals surface area contributed by atoms with Crippen molar-refractivity contribution in [3.8, 4) is 12.1 Å². The molecule has 1 aliphatic heterocycles. The van der Waals surface area contributed by atoms with Crippen LogP contribution in [0.5, 0.6) is 6.01 Å². The molecule has 2 heterocycles. The van der Waals surface area contributed by atoms with Gasteiger partial charge in [-0.25, -0.2) is 0 Å². The number of hydrogen-bond donors (Lipinski definition) is 1. The molecule has 1 amide bonds. The lowest BCUT2D eigenvalue weighted by Crippen LogP contribution is -2.39. The number of nitrogens with zero attached hydrogens (tertiary/aromatic N) is 4. The predicted molar refractivity (Wildman–Crippen MR) is 110 cm³/mol. The monoisotopic (exact) mass is 391 g/mol. The summed E-state index contributed by atoms with van der Waals surface area (Å²) in [6.07, 6.45) is 5.75. The molecule has 150 valence electrons. The van der Waals surface area contributed by atoms with Crippen LogP contribution in [0.15, 0.2) is 24.3 Å². The molecular weight excluding hydrogens is 366 g/mol. The van der Waals surface area contributed by atoms with Gasteiger partial charge in [0.2, 0.25) is 0 Å². The molecule has 0 unspecified atom stereocenters. The van der Waals surface area contributed by atoms with Crippen LogP contribution in [-0.2, 0) is 6.42 Å². The predicted octanol–water partition coefficient (Wildman–Crippen LogP) is 3.46. The van der Waals surface area contributed by atoms with Crippen molar-refractivity contribution in [1.29, 1.82) is 5.26 Å². The van der Waals surface area contributed by atoms with Crippen molar-refractivity contribution in [2.45, 2.75) is 44.4 Å². The third-order valence-corrected chi connectivity index (χ3v) is 6.11. The third-order valence-electron chi connectivity index (χ3n) is 6.11. The number of methoxy groups -OCH3 is 1. The van der Waals surface area contributed by atoms with Crippen LogP contribution in [-0.4, -0.2) is 29.5 Å². The molecule has 1 saturated carbocycles. The number of nitriles is 1. The highest BCUT2D eigenvalue weighted by Crippen LogP contribution is 2.37. The van der Waals surface area contributed by atoms with Crippen LogP contribution in [0.4, 0.5) is 11.5 Å². The van der Waals surface area contributed by atoms with Crippen LogP contribution >= 0.6 is 0 Å². The molecule has 1 fully saturated rings. The molecule has 0 saturated heterocycles. The van der Waals surface area contributed by atoms with Crippen molar-refractivity contribution in [1.82, 2.24) is 9.97 Å². The first-order chi connectivity index (χ1) is 14.1. The number of hydrogen-bond acceptors (Lipinski definition) is 6. The maximum Gasteiger partial charge on any atom is 0.318 e. The van der Waals surface area contributed by atoms with Crippen molar-refractivity contribution in [2.75, 3.05) is 24.3 Å². The molecule has 0 radical (unpaired) electrons. The van der Waals surface area contributed by atoms with Gasteiger partial charge in [0.05, 0.1) is 18.9 Å². The first-order valence-electron chi connectivity index (χ1n) is 10.1. The Labute approximate surface area is 170 Å². The number of anilines is 2. The first kappa shape index (κ1) is 19.2. The second-order valence-corrected chi connectivity index (χ2v) is 7.80. The van der Waals surface area contributed by atoms with Gasteiger partial charge < -0.3 is 15.4 Å². The smallest absolute Gasteiger partial charge is 0.318 e. The minimum absolute atomic E-state index is 0.160. The molecule has 2 aliphatic rings. The van der Waals surface area contributed by atoms with Crippen LogP contribution in [0.1, 0.15) is 59.6 Å². The Hall–Kier alpha value is -3.14. The zero-order chi connectivity index (χ0) is 20.4. The van der Waals surface area contributed by atoms with Crippen LogP contribution in [0.25, 0.3) is 0 Å². The number of amides is 1. The minimum atomic E-state index is -0.170. The van der Waals surface area contributed by atoms with E-state index in [1.165, 1.54) is 12.7 Å². The molecule has 7 heteroatoms. The highest BCUT2D eigenvalue weighted by Gasteiger charge is 2.30. The van der Waals surface area contributed by atoms with Gasteiger partial charge in [0, 0.05) is 25.1 Å². The van der Waals surface area contributed by atoms with E-state index in [9.17, 15) is 4.79 Å². The van der Waals surface area contributed by atoms with E-state index in [-0.39, 0.29) is 17.7 Å². The molecule has 1 aromatic carbocycles. The molecule has 0 spiro atoms. The van der Waals surface area contributed by atoms with Gasteiger partial charge in [0.1, 0.15) is 11.4 Å². The van der Waals surface area contributed by atoms with Crippen molar-refractivity contribution in [3.05, 3.63) is 41.1 Å². The van der Waals surface area contributed by atoms with Crippen molar-refractivity contribution < 1.29 is 9.53 Å². The lowest BCUT2D eigenvalue weighted by molar-refractivity contribution is 0.0980. The van der Waals surface area contributed by atoms with E-state index in [4.69, 9.17) is 15.7 Å². The quantitative estimate of drug-likeness (QED) is 0.856. The fourth-order valence-corrected chi connectivity index (χ4v) is 4.46. The van der Waals surface area contributed by atoms with Gasteiger partial charge in [-0.1, -0.05) is 12.1 Å². The minimum Gasteiger partial charge on any atom is -0.467 e. The van der Waals surface area contributed by atoms with Crippen molar-refractivity contribution in [3.63, 3.8) is 0 Å². The Balaban J connectivity index is 1.49. The molecule has 4 rings (SSSR count). The van der Waals surface area contributed by atoms with E-state index >= 15 is 0 Å². The van der Waals surface area contributed by atoms with Crippen LogP contribution in [0.2, 0.25) is 0 Å². The topological polar surface area (TPSA) is 105 Å². The average Bonchev–Trinajstić information content (AvgIpc) is 2.74. The number of carbonyl (C=O) groups excluding carboxylic acids is 1. The summed E-state index contributed by atoms with van der Waals surface area (Å²) < 4.78 is 5.06. The number of nitrogens with two attached hydrogens (primary N) is 1. The molecule has 2 aromatic rings. The van der Waals surface area contributed by atoms with E-state index < -0.39 is 0 Å². The van der Waals surface area contributed by atoms with Crippen LogP contribution < -0.4 is 15.4 Å². The summed E-state index contributed by atoms with van der Waals surface area (Å²) in [5, 5.41) is 8.88. The zero-order valence-corrected chi connectivity index (χ0v) is 16.6. The number of benzene rings is 1. The highest BCUT2D eigenvalue weighted by atomic mass is 16.5. The van der Waals surface area contributed by atoms with E-state index in [0.29, 0.717) is 42.5 Å². The number of fused-ring (bicyclic) bond motifs is 1.